The van der Waals surface area contributed by atoms with E-state index in [9.17, 15) is 9.59 Å². The highest BCUT2D eigenvalue weighted by molar-refractivity contribution is 9.10. The van der Waals surface area contributed by atoms with Gasteiger partial charge in [0.25, 0.3) is 11.5 Å². The third-order valence-corrected chi connectivity index (χ3v) is 4.66. The number of carbonyl (C=O) groups is 1. The maximum Gasteiger partial charge on any atom is 0.264 e. The van der Waals surface area contributed by atoms with Crippen LogP contribution in [0, 0.1) is 6.92 Å². The standard InChI is InChI=1S/C18H18BrN5O2/c1-11-14(10-20-24(11)15-8-9-16(25)23-22-15)17(26)21-18(2,3)12-4-6-13(19)7-5-12/h4-10H,1-3H3,(H,21,26)(H,23,25). The van der Waals surface area contributed by atoms with E-state index >= 15 is 0 Å². The Morgan fingerprint density at radius 2 is 1.88 bits per heavy atom. The van der Waals surface area contributed by atoms with Crippen molar-refractivity contribution in [2.45, 2.75) is 26.3 Å². The first-order valence-corrected chi connectivity index (χ1v) is 8.76. The molecule has 134 valence electrons. The molecule has 0 spiro atoms. The van der Waals surface area contributed by atoms with Crippen molar-refractivity contribution in [3.8, 4) is 5.82 Å². The van der Waals surface area contributed by atoms with E-state index in [1.54, 1.807) is 13.0 Å². The summed E-state index contributed by atoms with van der Waals surface area (Å²) in [6.07, 6.45) is 1.50. The van der Waals surface area contributed by atoms with Gasteiger partial charge in [-0.25, -0.2) is 9.78 Å². The number of hydrogen-bond donors (Lipinski definition) is 2. The predicted octanol–water partition coefficient (Wildman–Crippen LogP) is 2.69. The van der Waals surface area contributed by atoms with Crippen LogP contribution in [0.25, 0.3) is 5.82 Å². The molecular weight excluding hydrogens is 398 g/mol. The fourth-order valence-corrected chi connectivity index (χ4v) is 2.87. The molecule has 0 aliphatic rings. The van der Waals surface area contributed by atoms with Gasteiger partial charge in [0.15, 0.2) is 5.82 Å². The van der Waals surface area contributed by atoms with Crippen LogP contribution in [-0.2, 0) is 5.54 Å². The zero-order chi connectivity index (χ0) is 18.9. The van der Waals surface area contributed by atoms with Crippen LogP contribution in [-0.4, -0.2) is 25.9 Å². The molecule has 3 aromatic rings. The van der Waals surface area contributed by atoms with Crippen molar-refractivity contribution < 1.29 is 4.79 Å². The second-order valence-electron chi connectivity index (χ2n) is 6.42. The van der Waals surface area contributed by atoms with Crippen molar-refractivity contribution in [1.29, 1.82) is 0 Å². The van der Waals surface area contributed by atoms with Gasteiger partial charge in [0.1, 0.15) is 0 Å². The number of nitrogens with zero attached hydrogens (tertiary/aromatic N) is 3. The summed E-state index contributed by atoms with van der Waals surface area (Å²) >= 11 is 3.41. The quantitative estimate of drug-likeness (QED) is 0.684. The summed E-state index contributed by atoms with van der Waals surface area (Å²) in [5.41, 5.74) is 1.22. The van der Waals surface area contributed by atoms with Gasteiger partial charge in [-0.3, -0.25) is 9.59 Å². The summed E-state index contributed by atoms with van der Waals surface area (Å²) in [4.78, 5) is 23.9. The molecule has 2 aromatic heterocycles. The third-order valence-electron chi connectivity index (χ3n) is 4.13. The van der Waals surface area contributed by atoms with E-state index in [4.69, 9.17) is 0 Å². The van der Waals surface area contributed by atoms with Gasteiger partial charge in [-0.15, -0.1) is 0 Å². The van der Waals surface area contributed by atoms with Crippen LogP contribution >= 0.6 is 15.9 Å². The van der Waals surface area contributed by atoms with Crippen LogP contribution < -0.4 is 10.9 Å². The van der Waals surface area contributed by atoms with Crippen LogP contribution in [0.3, 0.4) is 0 Å². The molecule has 26 heavy (non-hydrogen) atoms. The van der Waals surface area contributed by atoms with Gasteiger partial charge in [-0.05, 0) is 44.5 Å². The van der Waals surface area contributed by atoms with Gasteiger partial charge in [0, 0.05) is 10.5 Å². The Morgan fingerprint density at radius 3 is 2.50 bits per heavy atom. The van der Waals surface area contributed by atoms with Crippen molar-refractivity contribution >= 4 is 21.8 Å². The Kier molecular flexibility index (Phi) is 4.78. The number of aromatic amines is 1. The molecule has 2 N–H and O–H groups in total. The number of carbonyl (C=O) groups excluding carboxylic acids is 1. The van der Waals surface area contributed by atoms with Crippen LogP contribution in [0.2, 0.25) is 0 Å². The Hall–Kier alpha value is -2.74. The van der Waals surface area contributed by atoms with E-state index in [2.05, 4.69) is 36.5 Å². The minimum atomic E-state index is -0.553. The smallest absolute Gasteiger partial charge is 0.264 e. The van der Waals surface area contributed by atoms with Gasteiger partial charge >= 0.3 is 0 Å². The van der Waals surface area contributed by atoms with Crippen molar-refractivity contribution in [3.05, 3.63) is 74.2 Å². The van der Waals surface area contributed by atoms with Crippen LogP contribution in [0.1, 0.15) is 35.5 Å². The second-order valence-corrected chi connectivity index (χ2v) is 7.34. The molecule has 3 rings (SSSR count). The molecule has 0 atom stereocenters. The third kappa shape index (κ3) is 3.60. The fraction of sp³-hybridized carbons (Fsp3) is 0.222. The van der Waals surface area contributed by atoms with Crippen LogP contribution in [0.4, 0.5) is 0 Å². The lowest BCUT2D eigenvalue weighted by molar-refractivity contribution is 0.0911. The lowest BCUT2D eigenvalue weighted by Gasteiger charge is -2.27. The van der Waals surface area contributed by atoms with Crippen LogP contribution in [0.15, 0.2) is 51.9 Å². The molecule has 2 heterocycles. The molecule has 0 saturated heterocycles. The monoisotopic (exact) mass is 415 g/mol. The Balaban J connectivity index is 1.85. The maximum absolute atomic E-state index is 12.8. The number of halogens is 1. The van der Waals surface area contributed by atoms with Gasteiger partial charge < -0.3 is 5.32 Å². The van der Waals surface area contributed by atoms with Crippen molar-refractivity contribution in [1.82, 2.24) is 25.3 Å². The number of nitrogens with one attached hydrogen (secondary N) is 2. The SMILES string of the molecule is Cc1c(C(=O)NC(C)(C)c2ccc(Br)cc2)cnn1-c1ccc(=O)[nH]n1. The molecule has 0 unspecified atom stereocenters. The minimum absolute atomic E-state index is 0.230. The number of H-pyrrole nitrogens is 1. The van der Waals surface area contributed by atoms with E-state index in [1.165, 1.54) is 16.9 Å². The second kappa shape index (κ2) is 6.87. The zero-order valence-electron chi connectivity index (χ0n) is 14.6. The van der Waals surface area contributed by atoms with E-state index in [1.807, 2.05) is 38.1 Å². The number of aromatic nitrogens is 4. The molecule has 1 amide bonds. The molecule has 0 saturated carbocycles. The van der Waals surface area contributed by atoms with E-state index in [-0.39, 0.29) is 11.5 Å². The zero-order valence-corrected chi connectivity index (χ0v) is 16.2. The normalized spacial score (nSPS) is 11.4. The highest BCUT2D eigenvalue weighted by atomic mass is 79.9. The number of amides is 1. The predicted molar refractivity (Wildman–Crippen MR) is 101 cm³/mol. The van der Waals surface area contributed by atoms with E-state index in [0.717, 1.165) is 10.0 Å². The average Bonchev–Trinajstić information content (AvgIpc) is 2.97. The first kappa shape index (κ1) is 18.1. The van der Waals surface area contributed by atoms with Crippen molar-refractivity contribution in [2.75, 3.05) is 0 Å². The lowest BCUT2D eigenvalue weighted by Crippen LogP contribution is -2.41. The fourth-order valence-electron chi connectivity index (χ4n) is 2.61. The molecule has 1 aromatic carbocycles. The number of hydrogen-bond acceptors (Lipinski definition) is 4. The van der Waals surface area contributed by atoms with E-state index < -0.39 is 5.54 Å². The van der Waals surface area contributed by atoms with Crippen LogP contribution in [0.5, 0.6) is 0 Å². The molecule has 8 heteroatoms. The summed E-state index contributed by atoms with van der Waals surface area (Å²) in [5, 5.41) is 13.6. The summed E-state index contributed by atoms with van der Waals surface area (Å²) in [6, 6.07) is 10.7. The number of benzene rings is 1. The summed E-state index contributed by atoms with van der Waals surface area (Å²) < 4.78 is 2.49. The summed E-state index contributed by atoms with van der Waals surface area (Å²) in [6.45, 7) is 5.66. The number of rotatable bonds is 4. The molecule has 0 fully saturated rings. The van der Waals surface area contributed by atoms with Crippen molar-refractivity contribution in [3.63, 3.8) is 0 Å². The maximum atomic E-state index is 12.8. The Labute approximate surface area is 158 Å². The molecule has 0 aliphatic heterocycles. The van der Waals surface area contributed by atoms with Gasteiger partial charge in [0.2, 0.25) is 0 Å². The minimum Gasteiger partial charge on any atom is -0.343 e. The van der Waals surface area contributed by atoms with Gasteiger partial charge in [-0.2, -0.15) is 10.2 Å². The Bertz CT molecular complexity index is 985. The first-order valence-electron chi connectivity index (χ1n) is 7.97. The van der Waals surface area contributed by atoms with Gasteiger partial charge in [-0.1, -0.05) is 28.1 Å². The summed E-state index contributed by atoms with van der Waals surface area (Å²) in [5.74, 6) is 0.208. The highest BCUT2D eigenvalue weighted by Gasteiger charge is 2.25. The Morgan fingerprint density at radius 1 is 1.19 bits per heavy atom. The topological polar surface area (TPSA) is 92.7 Å². The van der Waals surface area contributed by atoms with E-state index in [0.29, 0.717) is 17.1 Å². The van der Waals surface area contributed by atoms with Gasteiger partial charge in [0.05, 0.1) is 23.0 Å². The first-order chi connectivity index (χ1) is 12.3. The lowest BCUT2D eigenvalue weighted by atomic mass is 9.94. The van der Waals surface area contributed by atoms with Crippen molar-refractivity contribution in [2.24, 2.45) is 0 Å². The average molecular weight is 416 g/mol. The molecular formula is C18H18BrN5O2. The molecule has 0 bridgehead atoms. The molecule has 0 aliphatic carbocycles. The molecule has 7 nitrogen and oxygen atoms in total. The highest BCUT2D eigenvalue weighted by Crippen LogP contribution is 2.23. The molecule has 0 radical (unpaired) electrons. The largest absolute Gasteiger partial charge is 0.343 e. The summed E-state index contributed by atoms with van der Waals surface area (Å²) in [7, 11) is 0.